The fourth-order valence-electron chi connectivity index (χ4n) is 1.46. The number of benzene rings is 2. The lowest BCUT2D eigenvalue weighted by atomic mass is 10.0. The molecule has 0 saturated carbocycles. The van der Waals surface area contributed by atoms with Crippen molar-refractivity contribution in [3.8, 4) is 17.2 Å². The summed E-state index contributed by atoms with van der Waals surface area (Å²) in [5, 5.41) is 8.72. The van der Waals surface area contributed by atoms with Crippen LogP contribution in [0.3, 0.4) is 0 Å². The molecule has 0 saturated heterocycles. The molecule has 3 heteroatoms. The molecule has 78 valence electrons. The molecule has 0 aliphatic rings. The van der Waals surface area contributed by atoms with Gasteiger partial charge in [-0.3, -0.25) is 0 Å². The monoisotopic (exact) mass is 335 g/mol. The van der Waals surface area contributed by atoms with Crippen molar-refractivity contribution < 1.29 is 0 Å². The maximum Gasteiger partial charge on any atom is 0.0991 e. The quantitative estimate of drug-likeness (QED) is 0.737. The minimum absolute atomic E-state index is 0.679. The van der Waals surface area contributed by atoms with E-state index in [1.165, 1.54) is 0 Å². The Hall–Kier alpha value is -1.11. The Morgan fingerprint density at radius 2 is 1.38 bits per heavy atom. The SMILES string of the molecule is N#Cc1ccc(-c2cc(Br)cc(Br)c2)cc1. The van der Waals surface area contributed by atoms with Gasteiger partial charge in [-0.05, 0) is 41.5 Å². The first-order valence-corrected chi connectivity index (χ1v) is 6.24. The third-order valence-corrected chi connectivity index (χ3v) is 3.13. The normalized spacial score (nSPS) is 9.81. The Balaban J connectivity index is 2.47. The summed E-state index contributed by atoms with van der Waals surface area (Å²) in [6, 6.07) is 15.7. The molecule has 0 spiro atoms. The summed E-state index contributed by atoms with van der Waals surface area (Å²) in [6.45, 7) is 0. The average molecular weight is 337 g/mol. The number of nitriles is 1. The standard InChI is InChI=1S/C13H7Br2N/c14-12-5-11(6-13(15)7-12)10-3-1-9(8-16)2-4-10/h1-7H. The molecule has 0 fully saturated rings. The fourth-order valence-corrected chi connectivity index (χ4v) is 2.75. The van der Waals surface area contributed by atoms with Crippen molar-refractivity contribution in [2.75, 3.05) is 0 Å². The molecule has 0 aliphatic heterocycles. The van der Waals surface area contributed by atoms with E-state index in [9.17, 15) is 0 Å². The molecule has 2 aromatic rings. The number of hydrogen-bond donors (Lipinski definition) is 0. The molecule has 0 aliphatic carbocycles. The summed E-state index contributed by atoms with van der Waals surface area (Å²) >= 11 is 6.91. The average Bonchev–Trinajstić information content (AvgIpc) is 2.28. The van der Waals surface area contributed by atoms with Crippen molar-refractivity contribution in [1.82, 2.24) is 0 Å². The third-order valence-electron chi connectivity index (χ3n) is 2.21. The minimum Gasteiger partial charge on any atom is -0.192 e. The van der Waals surface area contributed by atoms with Gasteiger partial charge in [-0.1, -0.05) is 44.0 Å². The Bertz CT molecular complexity index is 533. The zero-order valence-corrected chi connectivity index (χ0v) is 11.4. The highest BCUT2D eigenvalue weighted by atomic mass is 79.9. The predicted molar refractivity (Wildman–Crippen MR) is 72.0 cm³/mol. The van der Waals surface area contributed by atoms with Crippen LogP contribution < -0.4 is 0 Å². The molecule has 0 bridgehead atoms. The molecule has 2 rings (SSSR count). The van der Waals surface area contributed by atoms with Gasteiger partial charge in [0.15, 0.2) is 0 Å². The van der Waals surface area contributed by atoms with Gasteiger partial charge in [-0.2, -0.15) is 5.26 Å². The molecule has 1 nitrogen and oxygen atoms in total. The van der Waals surface area contributed by atoms with E-state index in [1.807, 2.05) is 42.5 Å². The molecule has 0 N–H and O–H groups in total. The van der Waals surface area contributed by atoms with Crippen LogP contribution >= 0.6 is 31.9 Å². The number of rotatable bonds is 1. The van der Waals surface area contributed by atoms with Crippen molar-refractivity contribution in [2.24, 2.45) is 0 Å². The highest BCUT2D eigenvalue weighted by molar-refractivity contribution is 9.11. The van der Waals surface area contributed by atoms with E-state index in [-0.39, 0.29) is 0 Å². The maximum absolute atomic E-state index is 8.72. The van der Waals surface area contributed by atoms with Crippen LogP contribution in [0.5, 0.6) is 0 Å². The van der Waals surface area contributed by atoms with Crippen LogP contribution in [-0.2, 0) is 0 Å². The van der Waals surface area contributed by atoms with Crippen molar-refractivity contribution in [2.45, 2.75) is 0 Å². The van der Waals surface area contributed by atoms with E-state index in [1.54, 1.807) is 0 Å². The molecule has 0 amide bonds. The number of halogens is 2. The molecular weight excluding hydrogens is 330 g/mol. The molecule has 0 heterocycles. The zero-order valence-electron chi connectivity index (χ0n) is 8.24. The topological polar surface area (TPSA) is 23.8 Å². The van der Waals surface area contributed by atoms with Crippen LogP contribution in [0, 0.1) is 11.3 Å². The highest BCUT2D eigenvalue weighted by Crippen LogP contribution is 2.27. The second-order valence-corrected chi connectivity index (χ2v) is 5.18. The van der Waals surface area contributed by atoms with Crippen LogP contribution in [0.1, 0.15) is 5.56 Å². The first-order valence-electron chi connectivity index (χ1n) is 4.65. The second-order valence-electron chi connectivity index (χ2n) is 3.35. The van der Waals surface area contributed by atoms with Gasteiger partial charge in [0.25, 0.3) is 0 Å². The summed E-state index contributed by atoms with van der Waals surface area (Å²) in [5.41, 5.74) is 2.89. The Morgan fingerprint density at radius 3 is 1.88 bits per heavy atom. The molecule has 2 aromatic carbocycles. The van der Waals surface area contributed by atoms with E-state index < -0.39 is 0 Å². The van der Waals surface area contributed by atoms with Gasteiger partial charge < -0.3 is 0 Å². The third kappa shape index (κ3) is 2.52. The van der Waals surface area contributed by atoms with Crippen LogP contribution in [0.15, 0.2) is 51.4 Å². The van der Waals surface area contributed by atoms with Crippen molar-refractivity contribution in [3.63, 3.8) is 0 Å². The van der Waals surface area contributed by atoms with E-state index in [0.717, 1.165) is 20.1 Å². The largest absolute Gasteiger partial charge is 0.192 e. The summed E-state index contributed by atoms with van der Waals surface area (Å²) in [5.74, 6) is 0. The minimum atomic E-state index is 0.679. The van der Waals surface area contributed by atoms with Crippen molar-refractivity contribution in [3.05, 3.63) is 57.0 Å². The van der Waals surface area contributed by atoms with Gasteiger partial charge in [-0.15, -0.1) is 0 Å². The summed E-state index contributed by atoms with van der Waals surface area (Å²) in [6.07, 6.45) is 0. The Morgan fingerprint density at radius 1 is 0.812 bits per heavy atom. The van der Waals surface area contributed by atoms with Gasteiger partial charge in [0, 0.05) is 8.95 Å². The molecule has 0 radical (unpaired) electrons. The van der Waals surface area contributed by atoms with Crippen LogP contribution in [0.2, 0.25) is 0 Å². The predicted octanol–water partition coefficient (Wildman–Crippen LogP) is 4.75. The molecule has 16 heavy (non-hydrogen) atoms. The summed E-state index contributed by atoms with van der Waals surface area (Å²) in [4.78, 5) is 0. The van der Waals surface area contributed by atoms with Gasteiger partial charge in [0.1, 0.15) is 0 Å². The number of hydrogen-bond acceptors (Lipinski definition) is 1. The van der Waals surface area contributed by atoms with E-state index >= 15 is 0 Å². The first-order chi connectivity index (χ1) is 7.69. The fraction of sp³-hybridized carbons (Fsp3) is 0. The molecule has 0 unspecified atom stereocenters. The maximum atomic E-state index is 8.72. The molecule has 0 atom stereocenters. The van der Waals surface area contributed by atoms with E-state index in [2.05, 4.69) is 37.9 Å². The van der Waals surface area contributed by atoms with Crippen LogP contribution in [-0.4, -0.2) is 0 Å². The molecule has 0 aromatic heterocycles. The second kappa shape index (κ2) is 4.82. The van der Waals surface area contributed by atoms with Crippen LogP contribution in [0.25, 0.3) is 11.1 Å². The number of nitrogens with zero attached hydrogens (tertiary/aromatic N) is 1. The lowest BCUT2D eigenvalue weighted by molar-refractivity contribution is 1.48. The Kier molecular flexibility index (Phi) is 3.42. The van der Waals surface area contributed by atoms with Gasteiger partial charge >= 0.3 is 0 Å². The van der Waals surface area contributed by atoms with Gasteiger partial charge in [0.2, 0.25) is 0 Å². The van der Waals surface area contributed by atoms with E-state index in [0.29, 0.717) is 5.56 Å². The summed E-state index contributed by atoms with van der Waals surface area (Å²) < 4.78 is 2.06. The van der Waals surface area contributed by atoms with Crippen molar-refractivity contribution >= 4 is 31.9 Å². The van der Waals surface area contributed by atoms with Crippen LogP contribution in [0.4, 0.5) is 0 Å². The lowest BCUT2D eigenvalue weighted by Crippen LogP contribution is -1.80. The van der Waals surface area contributed by atoms with E-state index in [4.69, 9.17) is 5.26 Å². The Labute approximate surface area is 111 Å². The summed E-state index contributed by atoms with van der Waals surface area (Å²) in [7, 11) is 0. The highest BCUT2D eigenvalue weighted by Gasteiger charge is 2.01. The lowest BCUT2D eigenvalue weighted by Gasteiger charge is -2.03. The van der Waals surface area contributed by atoms with Gasteiger partial charge in [-0.25, -0.2) is 0 Å². The molecular formula is C13H7Br2N. The van der Waals surface area contributed by atoms with Crippen molar-refractivity contribution in [1.29, 1.82) is 5.26 Å². The zero-order chi connectivity index (χ0) is 11.5. The van der Waals surface area contributed by atoms with Gasteiger partial charge in [0.05, 0.1) is 11.6 Å². The first kappa shape index (κ1) is 11.4. The smallest absolute Gasteiger partial charge is 0.0991 e.